The fourth-order valence-electron chi connectivity index (χ4n) is 6.36. The fraction of sp³-hybridized carbons (Fsp3) is 0.286. The summed E-state index contributed by atoms with van der Waals surface area (Å²) in [4.78, 5) is 0. The van der Waals surface area contributed by atoms with E-state index < -0.39 is 15.8 Å². The first-order valence-electron chi connectivity index (χ1n) is 15.8. The first kappa shape index (κ1) is 32.4. The van der Waals surface area contributed by atoms with Crippen LogP contribution in [0.2, 0.25) is 0 Å². The summed E-state index contributed by atoms with van der Waals surface area (Å²) in [6, 6.07) is 28.5. The zero-order valence-corrected chi connectivity index (χ0v) is 30.6. The molecule has 226 valence electrons. The second-order valence-electron chi connectivity index (χ2n) is 12.8. The van der Waals surface area contributed by atoms with Gasteiger partial charge in [0.25, 0.3) is 0 Å². The molecule has 0 radical (unpaired) electrons. The summed E-state index contributed by atoms with van der Waals surface area (Å²) in [6.07, 6.45) is 0. The third-order valence-electron chi connectivity index (χ3n) is 10.4. The monoisotopic (exact) mass is 614 g/mol. The standard InChI is InChI=1S/C42H48P2/c1-25-17-21-37(33(9)29(25)5)43(38-22-18-26(2)30(6)34(38)10)41-15-13-14-16-42(41)44(39-23-19-27(3)31(7)35(39)11)40-24-20-28(4)32(8)36(40)12/h13-24H,1-12H3. The van der Waals surface area contributed by atoms with Crippen LogP contribution in [0.3, 0.4) is 0 Å². The Labute approximate surface area is 269 Å². The Morgan fingerprint density at radius 3 is 0.705 bits per heavy atom. The molecule has 0 bridgehead atoms. The molecule has 5 aromatic carbocycles. The first-order chi connectivity index (χ1) is 20.8. The molecule has 0 amide bonds. The lowest BCUT2D eigenvalue weighted by Crippen LogP contribution is -2.37. The van der Waals surface area contributed by atoms with Crippen molar-refractivity contribution in [1.29, 1.82) is 0 Å². The summed E-state index contributed by atoms with van der Waals surface area (Å²) in [5.41, 5.74) is 16.8. The summed E-state index contributed by atoms with van der Waals surface area (Å²) in [7, 11) is -1.62. The van der Waals surface area contributed by atoms with Crippen LogP contribution in [-0.4, -0.2) is 0 Å². The predicted molar refractivity (Wildman–Crippen MR) is 201 cm³/mol. The van der Waals surface area contributed by atoms with Gasteiger partial charge in [0.1, 0.15) is 0 Å². The van der Waals surface area contributed by atoms with Gasteiger partial charge in [-0.05, 0) is 198 Å². The Bertz CT molecular complexity index is 1640. The van der Waals surface area contributed by atoms with Gasteiger partial charge in [-0.2, -0.15) is 0 Å². The molecule has 0 spiro atoms. The molecule has 0 saturated heterocycles. The number of hydrogen-bond donors (Lipinski definition) is 0. The maximum Gasteiger partial charge on any atom is -0.00674 e. The van der Waals surface area contributed by atoms with E-state index in [0.717, 1.165) is 0 Å². The van der Waals surface area contributed by atoms with E-state index in [2.05, 4.69) is 156 Å². The molecule has 0 unspecified atom stereocenters. The summed E-state index contributed by atoms with van der Waals surface area (Å²) in [6.45, 7) is 27.5. The Morgan fingerprint density at radius 2 is 0.477 bits per heavy atom. The van der Waals surface area contributed by atoms with Gasteiger partial charge >= 0.3 is 0 Å². The minimum Gasteiger partial charge on any atom is -0.0616 e. The molecule has 0 N–H and O–H groups in total. The van der Waals surface area contributed by atoms with Gasteiger partial charge in [0.05, 0.1) is 0 Å². The summed E-state index contributed by atoms with van der Waals surface area (Å²) in [5.74, 6) is 0. The number of benzene rings is 5. The van der Waals surface area contributed by atoms with E-state index in [1.54, 1.807) is 0 Å². The Morgan fingerprint density at radius 1 is 0.250 bits per heavy atom. The molecular weight excluding hydrogens is 566 g/mol. The van der Waals surface area contributed by atoms with Crippen LogP contribution in [0.15, 0.2) is 72.8 Å². The molecule has 0 aliphatic heterocycles. The summed E-state index contributed by atoms with van der Waals surface area (Å²) >= 11 is 0. The second-order valence-corrected chi connectivity index (χ2v) is 17.0. The Kier molecular flexibility index (Phi) is 9.38. The summed E-state index contributed by atoms with van der Waals surface area (Å²) in [5, 5.41) is 8.88. The van der Waals surface area contributed by atoms with Gasteiger partial charge in [0.15, 0.2) is 0 Å². The zero-order valence-electron chi connectivity index (χ0n) is 28.8. The highest BCUT2D eigenvalue weighted by Crippen LogP contribution is 2.43. The van der Waals surface area contributed by atoms with Crippen LogP contribution in [0.4, 0.5) is 0 Å². The van der Waals surface area contributed by atoms with Gasteiger partial charge in [-0.1, -0.05) is 72.8 Å². The van der Waals surface area contributed by atoms with Crippen molar-refractivity contribution in [2.75, 3.05) is 0 Å². The van der Waals surface area contributed by atoms with Crippen LogP contribution in [0.5, 0.6) is 0 Å². The number of aryl methyl sites for hydroxylation is 4. The molecular formula is C42H48P2. The van der Waals surface area contributed by atoms with Crippen LogP contribution in [0, 0.1) is 83.1 Å². The molecule has 44 heavy (non-hydrogen) atoms. The van der Waals surface area contributed by atoms with E-state index in [9.17, 15) is 0 Å². The van der Waals surface area contributed by atoms with E-state index in [4.69, 9.17) is 0 Å². The molecule has 0 aliphatic carbocycles. The van der Waals surface area contributed by atoms with E-state index in [1.165, 1.54) is 98.6 Å². The second kappa shape index (κ2) is 12.8. The fourth-order valence-corrected chi connectivity index (χ4v) is 12.5. The molecule has 2 heteroatoms. The van der Waals surface area contributed by atoms with Gasteiger partial charge in [0.2, 0.25) is 0 Å². The molecule has 0 atom stereocenters. The first-order valence-corrected chi connectivity index (χ1v) is 18.5. The lowest BCUT2D eigenvalue weighted by Gasteiger charge is -2.32. The Balaban J connectivity index is 1.91. The minimum atomic E-state index is -0.810. The van der Waals surface area contributed by atoms with Crippen molar-refractivity contribution in [2.45, 2.75) is 83.1 Å². The van der Waals surface area contributed by atoms with Crippen molar-refractivity contribution in [2.24, 2.45) is 0 Å². The van der Waals surface area contributed by atoms with Gasteiger partial charge in [-0.25, -0.2) is 0 Å². The van der Waals surface area contributed by atoms with Crippen molar-refractivity contribution >= 4 is 47.7 Å². The molecule has 0 fully saturated rings. The summed E-state index contributed by atoms with van der Waals surface area (Å²) < 4.78 is 0. The van der Waals surface area contributed by atoms with E-state index in [1.807, 2.05) is 0 Å². The van der Waals surface area contributed by atoms with Gasteiger partial charge in [0, 0.05) is 0 Å². The molecule has 0 nitrogen and oxygen atoms in total. The average molecular weight is 615 g/mol. The molecule has 0 aliphatic rings. The smallest absolute Gasteiger partial charge is 0.00674 e. The maximum absolute atomic E-state index is 2.45. The third kappa shape index (κ3) is 5.62. The maximum atomic E-state index is 2.45. The van der Waals surface area contributed by atoms with Crippen molar-refractivity contribution in [3.05, 3.63) is 140 Å². The highest BCUT2D eigenvalue weighted by molar-refractivity contribution is 7.85. The normalized spacial score (nSPS) is 11.6. The van der Waals surface area contributed by atoms with E-state index >= 15 is 0 Å². The van der Waals surface area contributed by atoms with Gasteiger partial charge < -0.3 is 0 Å². The average Bonchev–Trinajstić information content (AvgIpc) is 3.01. The van der Waals surface area contributed by atoms with Crippen molar-refractivity contribution in [3.63, 3.8) is 0 Å². The van der Waals surface area contributed by atoms with Crippen LogP contribution in [0.1, 0.15) is 66.8 Å². The van der Waals surface area contributed by atoms with Crippen LogP contribution in [0.25, 0.3) is 0 Å². The van der Waals surface area contributed by atoms with Gasteiger partial charge in [-0.3, -0.25) is 0 Å². The molecule has 0 aromatic heterocycles. The zero-order chi connectivity index (χ0) is 32.0. The molecule has 5 aromatic rings. The largest absolute Gasteiger partial charge is 0.0616 e. The Hall–Kier alpha value is -3.04. The third-order valence-corrected chi connectivity index (χ3v) is 16.2. The SMILES string of the molecule is Cc1ccc(P(c2ccccc2P(c2ccc(C)c(C)c2C)c2ccc(C)c(C)c2C)c2ccc(C)c(C)c2C)c(C)c1C. The van der Waals surface area contributed by atoms with Crippen molar-refractivity contribution < 1.29 is 0 Å². The van der Waals surface area contributed by atoms with Crippen molar-refractivity contribution in [3.8, 4) is 0 Å². The minimum absolute atomic E-state index is 0.810. The highest BCUT2D eigenvalue weighted by Gasteiger charge is 2.30. The van der Waals surface area contributed by atoms with E-state index in [-0.39, 0.29) is 0 Å². The van der Waals surface area contributed by atoms with Crippen LogP contribution in [-0.2, 0) is 0 Å². The highest BCUT2D eigenvalue weighted by atomic mass is 31.1. The molecule has 0 heterocycles. The topological polar surface area (TPSA) is 0 Å². The van der Waals surface area contributed by atoms with Crippen LogP contribution >= 0.6 is 15.8 Å². The van der Waals surface area contributed by atoms with Crippen molar-refractivity contribution in [1.82, 2.24) is 0 Å². The number of rotatable bonds is 6. The number of hydrogen-bond acceptors (Lipinski definition) is 0. The molecule has 5 rings (SSSR count). The quantitative estimate of drug-likeness (QED) is 0.168. The molecule has 0 saturated carbocycles. The van der Waals surface area contributed by atoms with Crippen LogP contribution < -0.4 is 31.8 Å². The predicted octanol–water partition coefficient (Wildman–Crippen LogP) is 8.90. The van der Waals surface area contributed by atoms with E-state index in [0.29, 0.717) is 0 Å². The van der Waals surface area contributed by atoms with Gasteiger partial charge in [-0.15, -0.1) is 0 Å². The lowest BCUT2D eigenvalue weighted by atomic mass is 10.0. The lowest BCUT2D eigenvalue weighted by molar-refractivity contribution is 1.28.